The van der Waals surface area contributed by atoms with Crippen LogP contribution in [0.5, 0.6) is 5.75 Å². The summed E-state index contributed by atoms with van der Waals surface area (Å²) in [6, 6.07) is 6.85. The van der Waals surface area contributed by atoms with Gasteiger partial charge in [0.05, 0.1) is 11.4 Å². The standard InChI is InChI=1S/C18H23N5O3/c1-11(9-23-13(3)6-12(2)22-23)8-19-18(25)20-14-4-5-15-16(7-14)26-10-17(24)21-15/h4-7,11H,8-10H2,1-3H3,(H,21,24)(H2,19,20,25). The number of carbonyl (C=O) groups is 2. The molecule has 1 aliphatic rings. The number of ether oxygens (including phenoxy) is 1. The van der Waals surface area contributed by atoms with Crippen molar-refractivity contribution in [2.24, 2.45) is 5.92 Å². The van der Waals surface area contributed by atoms with E-state index in [1.54, 1.807) is 18.2 Å². The second-order valence-electron chi connectivity index (χ2n) is 6.60. The summed E-state index contributed by atoms with van der Waals surface area (Å²) in [5.41, 5.74) is 3.31. The molecule has 1 aromatic carbocycles. The summed E-state index contributed by atoms with van der Waals surface area (Å²) in [4.78, 5) is 23.4. The number of nitrogens with zero attached hydrogens (tertiary/aromatic N) is 2. The van der Waals surface area contributed by atoms with Gasteiger partial charge in [0.15, 0.2) is 6.61 Å². The Balaban J connectivity index is 1.49. The molecule has 138 valence electrons. The molecule has 0 fully saturated rings. The summed E-state index contributed by atoms with van der Waals surface area (Å²) in [5.74, 6) is 0.591. The number of aromatic nitrogens is 2. The molecule has 0 radical (unpaired) electrons. The van der Waals surface area contributed by atoms with Crippen molar-refractivity contribution in [3.05, 3.63) is 35.7 Å². The van der Waals surface area contributed by atoms with Gasteiger partial charge in [-0.05, 0) is 38.0 Å². The molecule has 0 saturated carbocycles. The molecule has 26 heavy (non-hydrogen) atoms. The Morgan fingerprint density at radius 1 is 1.38 bits per heavy atom. The lowest BCUT2D eigenvalue weighted by atomic mass is 10.2. The van der Waals surface area contributed by atoms with Gasteiger partial charge >= 0.3 is 6.03 Å². The molecule has 1 aliphatic heterocycles. The van der Waals surface area contributed by atoms with Gasteiger partial charge in [-0.1, -0.05) is 6.92 Å². The summed E-state index contributed by atoms with van der Waals surface area (Å²) in [6.07, 6.45) is 0. The topological polar surface area (TPSA) is 97.3 Å². The van der Waals surface area contributed by atoms with Gasteiger partial charge < -0.3 is 20.7 Å². The molecule has 0 bridgehead atoms. The van der Waals surface area contributed by atoms with Gasteiger partial charge in [-0.15, -0.1) is 0 Å². The fraction of sp³-hybridized carbons (Fsp3) is 0.389. The number of fused-ring (bicyclic) bond motifs is 1. The number of aryl methyl sites for hydroxylation is 2. The maximum Gasteiger partial charge on any atom is 0.319 e. The summed E-state index contributed by atoms with van der Waals surface area (Å²) < 4.78 is 7.30. The summed E-state index contributed by atoms with van der Waals surface area (Å²) in [6.45, 7) is 7.30. The first-order chi connectivity index (χ1) is 12.4. The van der Waals surface area contributed by atoms with Crippen molar-refractivity contribution in [2.45, 2.75) is 27.3 Å². The number of rotatable bonds is 5. The lowest BCUT2D eigenvalue weighted by Crippen LogP contribution is -2.33. The monoisotopic (exact) mass is 357 g/mol. The number of urea groups is 1. The van der Waals surface area contributed by atoms with Crippen molar-refractivity contribution in [3.63, 3.8) is 0 Å². The molecule has 0 saturated heterocycles. The third-order valence-corrected chi connectivity index (χ3v) is 4.07. The number of hydrogen-bond donors (Lipinski definition) is 3. The number of amides is 3. The second-order valence-corrected chi connectivity index (χ2v) is 6.60. The van der Waals surface area contributed by atoms with E-state index >= 15 is 0 Å². The number of nitrogens with one attached hydrogen (secondary N) is 3. The highest BCUT2D eigenvalue weighted by Gasteiger charge is 2.16. The molecule has 1 atom stereocenters. The molecule has 0 spiro atoms. The van der Waals surface area contributed by atoms with Crippen LogP contribution in [0, 0.1) is 19.8 Å². The minimum Gasteiger partial charge on any atom is -0.482 e. The summed E-state index contributed by atoms with van der Waals surface area (Å²) in [7, 11) is 0. The quantitative estimate of drug-likeness (QED) is 0.765. The van der Waals surface area contributed by atoms with E-state index in [0.717, 1.165) is 17.9 Å². The molecule has 1 unspecified atom stereocenters. The molecule has 0 aliphatic carbocycles. The SMILES string of the molecule is Cc1cc(C)n(CC(C)CNC(=O)Nc2ccc3c(c2)OCC(=O)N3)n1. The van der Waals surface area contributed by atoms with E-state index in [9.17, 15) is 9.59 Å². The van der Waals surface area contributed by atoms with Crippen molar-refractivity contribution >= 4 is 23.3 Å². The van der Waals surface area contributed by atoms with Crippen LogP contribution in [0.4, 0.5) is 16.2 Å². The third kappa shape index (κ3) is 4.33. The Morgan fingerprint density at radius 2 is 2.19 bits per heavy atom. The lowest BCUT2D eigenvalue weighted by Gasteiger charge is -2.19. The molecule has 8 nitrogen and oxygen atoms in total. The molecule has 2 heterocycles. The van der Waals surface area contributed by atoms with E-state index in [2.05, 4.69) is 28.0 Å². The van der Waals surface area contributed by atoms with E-state index in [4.69, 9.17) is 4.74 Å². The smallest absolute Gasteiger partial charge is 0.319 e. The normalized spacial score (nSPS) is 14.0. The van der Waals surface area contributed by atoms with Gasteiger partial charge in [0, 0.05) is 30.5 Å². The van der Waals surface area contributed by atoms with E-state index in [0.29, 0.717) is 23.7 Å². The predicted octanol–water partition coefficient (Wildman–Crippen LogP) is 2.29. The van der Waals surface area contributed by atoms with Crippen molar-refractivity contribution < 1.29 is 14.3 Å². The van der Waals surface area contributed by atoms with Gasteiger partial charge in [-0.2, -0.15) is 5.10 Å². The fourth-order valence-electron chi connectivity index (χ4n) is 2.81. The van der Waals surface area contributed by atoms with E-state index in [1.807, 2.05) is 24.6 Å². The van der Waals surface area contributed by atoms with Crippen LogP contribution in [-0.2, 0) is 11.3 Å². The van der Waals surface area contributed by atoms with Crippen LogP contribution in [-0.4, -0.2) is 34.9 Å². The zero-order chi connectivity index (χ0) is 18.7. The first-order valence-electron chi connectivity index (χ1n) is 8.53. The molecule has 3 N–H and O–H groups in total. The number of hydrogen-bond acceptors (Lipinski definition) is 4. The maximum absolute atomic E-state index is 12.1. The molecule has 3 amide bonds. The van der Waals surface area contributed by atoms with Crippen molar-refractivity contribution in [1.29, 1.82) is 0 Å². The summed E-state index contributed by atoms with van der Waals surface area (Å²) in [5, 5.41) is 12.8. The Hall–Kier alpha value is -3.03. The average molecular weight is 357 g/mol. The van der Waals surface area contributed by atoms with Crippen molar-refractivity contribution in [2.75, 3.05) is 23.8 Å². The van der Waals surface area contributed by atoms with Gasteiger partial charge in [-0.3, -0.25) is 9.48 Å². The maximum atomic E-state index is 12.1. The van der Waals surface area contributed by atoms with Gasteiger partial charge in [0.25, 0.3) is 5.91 Å². The molecular formula is C18H23N5O3. The Kier molecular flexibility index (Phi) is 5.11. The first kappa shape index (κ1) is 17.8. The fourth-order valence-corrected chi connectivity index (χ4v) is 2.81. The van der Waals surface area contributed by atoms with Crippen LogP contribution >= 0.6 is 0 Å². The zero-order valence-corrected chi connectivity index (χ0v) is 15.1. The average Bonchev–Trinajstić information content (AvgIpc) is 2.90. The molecular weight excluding hydrogens is 334 g/mol. The Labute approximate surface area is 151 Å². The predicted molar refractivity (Wildman–Crippen MR) is 98.5 cm³/mol. The van der Waals surface area contributed by atoms with Crippen molar-refractivity contribution in [1.82, 2.24) is 15.1 Å². The number of benzene rings is 1. The van der Waals surface area contributed by atoms with Gasteiger partial charge in [0.1, 0.15) is 5.75 Å². The van der Waals surface area contributed by atoms with Crippen molar-refractivity contribution in [3.8, 4) is 5.75 Å². The van der Waals surface area contributed by atoms with E-state index in [-0.39, 0.29) is 24.5 Å². The Bertz CT molecular complexity index is 830. The zero-order valence-electron chi connectivity index (χ0n) is 15.1. The summed E-state index contributed by atoms with van der Waals surface area (Å²) >= 11 is 0. The van der Waals surface area contributed by atoms with Gasteiger partial charge in [-0.25, -0.2) is 4.79 Å². The number of carbonyl (C=O) groups excluding carboxylic acids is 2. The minimum atomic E-state index is -0.287. The Morgan fingerprint density at radius 3 is 2.92 bits per heavy atom. The van der Waals surface area contributed by atoms with E-state index < -0.39 is 0 Å². The molecule has 1 aromatic heterocycles. The van der Waals surface area contributed by atoms with Crippen LogP contribution in [0.3, 0.4) is 0 Å². The van der Waals surface area contributed by atoms with Crippen LogP contribution in [0.15, 0.2) is 24.3 Å². The third-order valence-electron chi connectivity index (χ3n) is 4.07. The second kappa shape index (κ2) is 7.47. The van der Waals surface area contributed by atoms with Gasteiger partial charge in [0.2, 0.25) is 0 Å². The van der Waals surface area contributed by atoms with E-state index in [1.165, 1.54) is 0 Å². The molecule has 2 aromatic rings. The van der Waals surface area contributed by atoms with Crippen LogP contribution < -0.4 is 20.7 Å². The van der Waals surface area contributed by atoms with Crippen LogP contribution in [0.25, 0.3) is 0 Å². The highest BCUT2D eigenvalue weighted by atomic mass is 16.5. The number of anilines is 2. The highest BCUT2D eigenvalue weighted by Crippen LogP contribution is 2.30. The minimum absolute atomic E-state index is 0.0213. The largest absolute Gasteiger partial charge is 0.482 e. The lowest BCUT2D eigenvalue weighted by molar-refractivity contribution is -0.118. The van der Waals surface area contributed by atoms with Crippen LogP contribution in [0.1, 0.15) is 18.3 Å². The first-order valence-corrected chi connectivity index (χ1v) is 8.53. The molecule has 3 rings (SSSR count). The molecule has 8 heteroatoms. The highest BCUT2D eigenvalue weighted by molar-refractivity contribution is 5.96. The van der Waals surface area contributed by atoms with Crippen LogP contribution in [0.2, 0.25) is 0 Å².